The Hall–Kier alpha value is -2.30. The highest BCUT2D eigenvalue weighted by atomic mass is 16.5. The molecule has 1 aliphatic carbocycles. The lowest BCUT2D eigenvalue weighted by Crippen LogP contribution is -2.42. The van der Waals surface area contributed by atoms with Crippen LogP contribution < -0.4 is 15.0 Å². The number of carbonyl (C=O) groups is 2. The molecule has 0 aromatic heterocycles. The molecule has 1 fully saturated rings. The lowest BCUT2D eigenvalue weighted by molar-refractivity contribution is -0.127. The van der Waals surface area contributed by atoms with Gasteiger partial charge in [-0.25, -0.2) is 0 Å². The number of amides is 2. The van der Waals surface area contributed by atoms with Crippen LogP contribution in [0.4, 0.5) is 11.4 Å². The molecule has 1 N–H and O–H groups in total. The first kappa shape index (κ1) is 18.5. The second-order valence-corrected chi connectivity index (χ2v) is 7.96. The number of hydrogen-bond acceptors (Lipinski definition) is 3. The highest BCUT2D eigenvalue weighted by Gasteiger charge is 2.37. The smallest absolute Gasteiger partial charge is 0.236 e. The fraction of sp³-hybridized carbons (Fsp3) is 0.524. The summed E-state index contributed by atoms with van der Waals surface area (Å²) in [5.74, 6) is 1.18. The average Bonchev–Trinajstić information content (AvgIpc) is 3.07. The molecular formula is C21H28N2O3. The molecule has 1 saturated carbocycles. The van der Waals surface area contributed by atoms with E-state index in [-0.39, 0.29) is 11.8 Å². The van der Waals surface area contributed by atoms with E-state index >= 15 is 0 Å². The number of fused-ring (bicyclic) bond motifs is 1. The fourth-order valence-electron chi connectivity index (χ4n) is 3.72. The number of nitrogens with zero attached hydrogens (tertiary/aromatic N) is 1. The normalized spacial score (nSPS) is 19.5. The Kier molecular flexibility index (Phi) is 5.35. The van der Waals surface area contributed by atoms with Crippen molar-refractivity contribution in [1.29, 1.82) is 0 Å². The molecular weight excluding hydrogens is 328 g/mol. The molecule has 140 valence electrons. The van der Waals surface area contributed by atoms with Gasteiger partial charge in [0.1, 0.15) is 12.4 Å². The second-order valence-electron chi connectivity index (χ2n) is 7.96. The van der Waals surface area contributed by atoms with Crippen LogP contribution in [0, 0.1) is 11.3 Å². The first-order valence-corrected chi connectivity index (χ1v) is 9.40. The Morgan fingerprint density at radius 3 is 2.81 bits per heavy atom. The minimum atomic E-state index is -0.617. The van der Waals surface area contributed by atoms with Gasteiger partial charge in [0.05, 0.1) is 11.1 Å². The van der Waals surface area contributed by atoms with Crippen molar-refractivity contribution in [1.82, 2.24) is 0 Å². The number of carbonyl (C=O) groups excluding carboxylic acids is 2. The maximum absolute atomic E-state index is 12.9. The fourth-order valence-corrected chi connectivity index (χ4v) is 3.72. The quantitative estimate of drug-likeness (QED) is 0.807. The van der Waals surface area contributed by atoms with Gasteiger partial charge in [0.25, 0.3) is 0 Å². The minimum absolute atomic E-state index is 0.00872. The van der Waals surface area contributed by atoms with Gasteiger partial charge in [-0.3, -0.25) is 9.59 Å². The maximum atomic E-state index is 12.9. The topological polar surface area (TPSA) is 58.6 Å². The molecule has 2 amide bonds. The third-order valence-electron chi connectivity index (χ3n) is 5.21. The van der Waals surface area contributed by atoms with Crippen molar-refractivity contribution in [3.8, 4) is 5.75 Å². The number of ether oxygens (including phenoxy) is 1. The summed E-state index contributed by atoms with van der Waals surface area (Å²) < 4.78 is 5.87. The maximum Gasteiger partial charge on any atom is 0.236 e. The third-order valence-corrected chi connectivity index (χ3v) is 5.21. The summed E-state index contributed by atoms with van der Waals surface area (Å²) in [5, 5.41) is 2.98. The van der Waals surface area contributed by atoms with Crippen molar-refractivity contribution in [3.05, 3.63) is 30.9 Å². The van der Waals surface area contributed by atoms with Gasteiger partial charge in [0.15, 0.2) is 0 Å². The molecule has 0 atom stereocenters. The highest BCUT2D eigenvalue weighted by molar-refractivity contribution is 6.00. The Balaban J connectivity index is 1.81. The summed E-state index contributed by atoms with van der Waals surface area (Å²) >= 11 is 0. The van der Waals surface area contributed by atoms with Gasteiger partial charge in [-0.15, -0.1) is 6.58 Å². The van der Waals surface area contributed by atoms with Crippen LogP contribution in [0.1, 0.15) is 46.0 Å². The van der Waals surface area contributed by atoms with Crippen LogP contribution >= 0.6 is 0 Å². The number of rotatable bonds is 5. The predicted octanol–water partition coefficient (Wildman–Crippen LogP) is 4.14. The van der Waals surface area contributed by atoms with E-state index in [4.69, 9.17) is 4.74 Å². The van der Waals surface area contributed by atoms with E-state index < -0.39 is 5.41 Å². The summed E-state index contributed by atoms with van der Waals surface area (Å²) in [6.07, 6.45) is 7.00. The predicted molar refractivity (Wildman–Crippen MR) is 103 cm³/mol. The Morgan fingerprint density at radius 2 is 2.12 bits per heavy atom. The lowest BCUT2D eigenvalue weighted by atomic mass is 9.93. The van der Waals surface area contributed by atoms with Crippen LogP contribution in [0.25, 0.3) is 0 Å². The van der Waals surface area contributed by atoms with Crippen molar-refractivity contribution in [2.24, 2.45) is 11.3 Å². The summed E-state index contributed by atoms with van der Waals surface area (Å²) in [6.45, 7) is 8.24. The van der Waals surface area contributed by atoms with Crippen LogP contribution in [-0.2, 0) is 9.59 Å². The lowest BCUT2D eigenvalue weighted by Gasteiger charge is -2.27. The van der Waals surface area contributed by atoms with Crippen LogP contribution in [0.15, 0.2) is 30.9 Å². The molecule has 0 saturated heterocycles. The third kappa shape index (κ3) is 3.92. The largest absolute Gasteiger partial charge is 0.490 e. The molecule has 1 aromatic carbocycles. The molecule has 1 heterocycles. The van der Waals surface area contributed by atoms with Gasteiger partial charge in [0, 0.05) is 18.7 Å². The number of benzene rings is 1. The molecule has 26 heavy (non-hydrogen) atoms. The molecule has 0 bridgehead atoms. The van der Waals surface area contributed by atoms with E-state index in [1.165, 1.54) is 12.8 Å². The first-order valence-electron chi connectivity index (χ1n) is 9.40. The molecule has 5 heteroatoms. The summed E-state index contributed by atoms with van der Waals surface area (Å²) in [6, 6.07) is 5.48. The number of anilines is 2. The Morgan fingerprint density at radius 1 is 1.38 bits per heavy atom. The molecule has 1 aromatic rings. The van der Waals surface area contributed by atoms with Gasteiger partial charge >= 0.3 is 0 Å². The zero-order chi connectivity index (χ0) is 18.7. The van der Waals surface area contributed by atoms with Gasteiger partial charge in [-0.05, 0) is 50.8 Å². The van der Waals surface area contributed by atoms with Crippen LogP contribution in [0.5, 0.6) is 5.75 Å². The first-order chi connectivity index (χ1) is 12.4. The molecule has 1 aliphatic heterocycles. The molecule has 0 radical (unpaired) electrons. The van der Waals surface area contributed by atoms with Gasteiger partial charge in [0.2, 0.25) is 11.8 Å². The van der Waals surface area contributed by atoms with Crippen LogP contribution in [0.3, 0.4) is 0 Å². The van der Waals surface area contributed by atoms with E-state index in [2.05, 4.69) is 11.9 Å². The zero-order valence-electron chi connectivity index (χ0n) is 15.7. The van der Waals surface area contributed by atoms with Crippen molar-refractivity contribution in [2.75, 3.05) is 23.4 Å². The van der Waals surface area contributed by atoms with Gasteiger partial charge in [-0.1, -0.05) is 18.9 Å². The van der Waals surface area contributed by atoms with Crippen LogP contribution in [0.2, 0.25) is 0 Å². The number of hydrogen-bond donors (Lipinski definition) is 1. The Labute approximate surface area is 155 Å². The van der Waals surface area contributed by atoms with E-state index in [0.29, 0.717) is 42.6 Å². The summed E-state index contributed by atoms with van der Waals surface area (Å²) in [7, 11) is 0. The van der Waals surface area contributed by atoms with Crippen LogP contribution in [-0.4, -0.2) is 25.0 Å². The average molecular weight is 356 g/mol. The molecule has 5 nitrogen and oxygen atoms in total. The number of nitrogens with one attached hydrogen (secondary N) is 1. The van der Waals surface area contributed by atoms with Gasteiger partial charge < -0.3 is 15.0 Å². The molecule has 0 unspecified atom stereocenters. The monoisotopic (exact) mass is 356 g/mol. The molecule has 2 aliphatic rings. The van der Waals surface area contributed by atoms with E-state index in [1.807, 2.05) is 32.0 Å². The highest BCUT2D eigenvalue weighted by Crippen LogP contribution is 2.38. The van der Waals surface area contributed by atoms with E-state index in [1.54, 1.807) is 11.0 Å². The van der Waals surface area contributed by atoms with Crippen molar-refractivity contribution in [3.63, 3.8) is 0 Å². The van der Waals surface area contributed by atoms with E-state index in [0.717, 1.165) is 12.8 Å². The van der Waals surface area contributed by atoms with Gasteiger partial charge in [-0.2, -0.15) is 0 Å². The molecule has 3 rings (SSSR count). The van der Waals surface area contributed by atoms with E-state index in [9.17, 15) is 9.59 Å². The van der Waals surface area contributed by atoms with Crippen molar-refractivity contribution in [2.45, 2.75) is 46.0 Å². The summed E-state index contributed by atoms with van der Waals surface area (Å²) in [5.41, 5.74) is 0.754. The molecule has 0 spiro atoms. The zero-order valence-corrected chi connectivity index (χ0v) is 15.7. The SMILES string of the molecule is C=CCN1C(=O)C(C)(C)COc2ccc(NC(=O)CC3CCCC3)cc21. The summed E-state index contributed by atoms with van der Waals surface area (Å²) in [4.78, 5) is 26.9. The standard InChI is InChI=1S/C21H28N2O3/c1-4-11-23-17-13-16(22-19(24)12-15-7-5-6-8-15)9-10-18(17)26-14-21(2,3)20(23)25/h4,9-10,13,15H,1,5-8,11-12,14H2,2-3H3,(H,22,24). The minimum Gasteiger partial charge on any atom is -0.490 e. The Bertz CT molecular complexity index is 705. The van der Waals surface area contributed by atoms with Crippen molar-refractivity contribution < 1.29 is 14.3 Å². The van der Waals surface area contributed by atoms with Crippen molar-refractivity contribution >= 4 is 23.2 Å². The second kappa shape index (κ2) is 7.52.